The number of carbonyl (C=O) groups is 2. The average Bonchev–Trinajstić information content (AvgIpc) is 3.03. The van der Waals surface area contributed by atoms with E-state index in [-0.39, 0.29) is 23.7 Å². The van der Waals surface area contributed by atoms with Crippen LogP contribution in [0.25, 0.3) is 0 Å². The summed E-state index contributed by atoms with van der Waals surface area (Å²) in [6.45, 7) is 3.75. The van der Waals surface area contributed by atoms with Crippen LogP contribution in [-0.2, 0) is 9.59 Å². The van der Waals surface area contributed by atoms with Crippen molar-refractivity contribution in [1.82, 2.24) is 0 Å². The number of nitrogens with zero attached hydrogens (tertiary/aromatic N) is 1. The SMILES string of the molecule is COc1cc(C2C(C(=O)CC(C)C)=C(O)C(=O)N2c2ccc(F)cc2)cc(OC)c1OC. The first kappa shape index (κ1) is 23.1. The first-order valence-corrected chi connectivity index (χ1v) is 10.1. The number of ketones is 1. The van der Waals surface area contributed by atoms with E-state index in [1.807, 2.05) is 13.8 Å². The van der Waals surface area contributed by atoms with E-state index in [2.05, 4.69) is 0 Å². The molecule has 1 aliphatic heterocycles. The second-order valence-corrected chi connectivity index (χ2v) is 7.80. The molecule has 8 heteroatoms. The minimum absolute atomic E-state index is 0.0124. The molecule has 170 valence electrons. The number of amides is 1. The number of anilines is 1. The van der Waals surface area contributed by atoms with Gasteiger partial charge in [-0.2, -0.15) is 0 Å². The predicted octanol–water partition coefficient (Wildman–Crippen LogP) is 4.37. The standard InChI is InChI=1S/C24H26FNO6/c1-13(2)10-17(27)20-21(14-11-18(30-3)23(32-5)19(12-14)31-4)26(24(29)22(20)28)16-8-6-15(25)7-9-16/h6-9,11-13,21,28H,10H2,1-5H3. The first-order chi connectivity index (χ1) is 15.2. The molecule has 2 aromatic rings. The number of aliphatic hydroxyl groups is 1. The minimum Gasteiger partial charge on any atom is -0.503 e. The van der Waals surface area contributed by atoms with Gasteiger partial charge < -0.3 is 19.3 Å². The maximum Gasteiger partial charge on any atom is 0.294 e. The molecule has 0 spiro atoms. The van der Waals surface area contributed by atoms with Crippen LogP contribution in [0.5, 0.6) is 17.2 Å². The van der Waals surface area contributed by atoms with Gasteiger partial charge in [0.15, 0.2) is 23.0 Å². The molecular weight excluding hydrogens is 417 g/mol. The molecule has 0 bridgehead atoms. The molecular formula is C24H26FNO6. The highest BCUT2D eigenvalue weighted by molar-refractivity contribution is 6.16. The molecule has 1 unspecified atom stereocenters. The van der Waals surface area contributed by atoms with Crippen molar-refractivity contribution in [2.45, 2.75) is 26.3 Å². The van der Waals surface area contributed by atoms with Crippen LogP contribution in [-0.4, -0.2) is 38.1 Å². The zero-order valence-corrected chi connectivity index (χ0v) is 18.6. The van der Waals surface area contributed by atoms with E-state index in [0.29, 0.717) is 28.5 Å². The molecule has 0 aliphatic carbocycles. The van der Waals surface area contributed by atoms with Crippen molar-refractivity contribution in [2.75, 3.05) is 26.2 Å². The molecule has 1 N–H and O–H groups in total. The van der Waals surface area contributed by atoms with Gasteiger partial charge in [-0.3, -0.25) is 14.5 Å². The molecule has 1 heterocycles. The summed E-state index contributed by atoms with van der Waals surface area (Å²) in [5.41, 5.74) is 0.768. The average molecular weight is 443 g/mol. The molecule has 7 nitrogen and oxygen atoms in total. The van der Waals surface area contributed by atoms with Crippen molar-refractivity contribution in [3.63, 3.8) is 0 Å². The normalized spacial score (nSPS) is 16.0. The van der Waals surface area contributed by atoms with E-state index in [4.69, 9.17) is 14.2 Å². The monoisotopic (exact) mass is 443 g/mol. The number of hydrogen-bond donors (Lipinski definition) is 1. The number of carbonyl (C=O) groups excluding carboxylic acids is 2. The third kappa shape index (κ3) is 4.12. The van der Waals surface area contributed by atoms with E-state index < -0.39 is 23.5 Å². The summed E-state index contributed by atoms with van der Waals surface area (Å²) in [5.74, 6) is -1.18. The van der Waals surface area contributed by atoms with Gasteiger partial charge in [0.05, 0.1) is 32.9 Å². The number of ether oxygens (including phenoxy) is 3. The molecule has 0 radical (unpaired) electrons. The Bertz CT molecular complexity index is 1040. The van der Waals surface area contributed by atoms with E-state index in [1.165, 1.54) is 50.5 Å². The van der Waals surface area contributed by atoms with Gasteiger partial charge in [0.1, 0.15) is 5.82 Å². The van der Waals surface area contributed by atoms with Crippen molar-refractivity contribution in [2.24, 2.45) is 5.92 Å². The summed E-state index contributed by atoms with van der Waals surface area (Å²) in [6, 6.07) is 7.53. The van der Waals surface area contributed by atoms with Crippen LogP contribution in [0, 0.1) is 11.7 Å². The second kappa shape index (κ2) is 9.30. The number of rotatable bonds is 8. The van der Waals surface area contributed by atoms with Gasteiger partial charge in [0, 0.05) is 12.1 Å². The smallest absolute Gasteiger partial charge is 0.294 e. The number of Topliss-reactive ketones (excluding diaryl/α,β-unsaturated/α-hetero) is 1. The minimum atomic E-state index is -0.965. The highest BCUT2D eigenvalue weighted by Crippen LogP contribution is 2.46. The lowest BCUT2D eigenvalue weighted by atomic mass is 9.91. The Morgan fingerprint density at radius 1 is 1.06 bits per heavy atom. The summed E-state index contributed by atoms with van der Waals surface area (Å²) in [5, 5.41) is 10.7. The molecule has 0 saturated carbocycles. The van der Waals surface area contributed by atoms with Gasteiger partial charge in [-0.05, 0) is 47.9 Å². The number of hydrogen-bond acceptors (Lipinski definition) is 6. The topological polar surface area (TPSA) is 85.3 Å². The van der Waals surface area contributed by atoms with Gasteiger partial charge in [-0.15, -0.1) is 0 Å². The van der Waals surface area contributed by atoms with Gasteiger partial charge in [-0.1, -0.05) is 13.8 Å². The van der Waals surface area contributed by atoms with E-state index in [1.54, 1.807) is 12.1 Å². The number of halogens is 1. The third-order valence-electron chi connectivity index (χ3n) is 5.21. The van der Waals surface area contributed by atoms with Crippen molar-refractivity contribution < 1.29 is 33.3 Å². The molecule has 32 heavy (non-hydrogen) atoms. The Balaban J connectivity index is 2.25. The molecule has 1 atom stereocenters. The van der Waals surface area contributed by atoms with E-state index >= 15 is 0 Å². The lowest BCUT2D eigenvalue weighted by molar-refractivity contribution is -0.118. The first-order valence-electron chi connectivity index (χ1n) is 10.1. The van der Waals surface area contributed by atoms with E-state index in [9.17, 15) is 19.1 Å². The Hall–Kier alpha value is -3.55. The molecule has 2 aromatic carbocycles. The Labute approximate surface area is 186 Å². The predicted molar refractivity (Wildman–Crippen MR) is 117 cm³/mol. The van der Waals surface area contributed by atoms with Crippen LogP contribution in [0.3, 0.4) is 0 Å². The Morgan fingerprint density at radius 3 is 2.09 bits per heavy atom. The molecule has 0 saturated heterocycles. The molecule has 1 amide bonds. The largest absolute Gasteiger partial charge is 0.503 e. The fraction of sp³-hybridized carbons (Fsp3) is 0.333. The van der Waals surface area contributed by atoms with Crippen LogP contribution in [0.4, 0.5) is 10.1 Å². The number of methoxy groups -OCH3 is 3. The molecule has 1 aliphatic rings. The van der Waals surface area contributed by atoms with Crippen molar-refractivity contribution in [3.8, 4) is 17.2 Å². The highest BCUT2D eigenvalue weighted by atomic mass is 19.1. The zero-order valence-electron chi connectivity index (χ0n) is 18.6. The summed E-state index contributed by atoms with van der Waals surface area (Å²) in [6.07, 6.45) is 0.144. The summed E-state index contributed by atoms with van der Waals surface area (Å²) >= 11 is 0. The summed E-state index contributed by atoms with van der Waals surface area (Å²) < 4.78 is 29.8. The van der Waals surface area contributed by atoms with Gasteiger partial charge in [0.25, 0.3) is 5.91 Å². The van der Waals surface area contributed by atoms with Gasteiger partial charge >= 0.3 is 0 Å². The van der Waals surface area contributed by atoms with Crippen molar-refractivity contribution in [1.29, 1.82) is 0 Å². The van der Waals surface area contributed by atoms with Gasteiger partial charge in [-0.25, -0.2) is 4.39 Å². The zero-order chi connectivity index (χ0) is 23.6. The lowest BCUT2D eigenvalue weighted by Crippen LogP contribution is -2.31. The maximum absolute atomic E-state index is 13.5. The number of aliphatic hydroxyl groups excluding tert-OH is 1. The maximum atomic E-state index is 13.5. The molecule has 0 aromatic heterocycles. The molecule has 0 fully saturated rings. The fourth-order valence-electron chi connectivity index (χ4n) is 3.81. The van der Waals surface area contributed by atoms with Crippen LogP contribution in [0.2, 0.25) is 0 Å². The Morgan fingerprint density at radius 2 is 1.62 bits per heavy atom. The third-order valence-corrected chi connectivity index (χ3v) is 5.21. The van der Waals surface area contributed by atoms with Crippen LogP contribution < -0.4 is 19.1 Å². The van der Waals surface area contributed by atoms with Crippen molar-refractivity contribution in [3.05, 3.63) is 59.1 Å². The van der Waals surface area contributed by atoms with Crippen molar-refractivity contribution >= 4 is 17.4 Å². The Kier molecular flexibility index (Phi) is 6.72. The van der Waals surface area contributed by atoms with E-state index in [0.717, 1.165) is 0 Å². The summed E-state index contributed by atoms with van der Waals surface area (Å²) in [4.78, 5) is 27.5. The fourth-order valence-corrected chi connectivity index (χ4v) is 3.81. The quantitative estimate of drug-likeness (QED) is 0.652. The molecule has 3 rings (SSSR count). The highest BCUT2D eigenvalue weighted by Gasteiger charge is 2.44. The number of benzene rings is 2. The van der Waals surface area contributed by atoms with Crippen LogP contribution in [0.1, 0.15) is 31.9 Å². The summed E-state index contributed by atoms with van der Waals surface area (Å²) in [7, 11) is 4.38. The lowest BCUT2D eigenvalue weighted by Gasteiger charge is -2.28. The van der Waals surface area contributed by atoms with Crippen LogP contribution >= 0.6 is 0 Å². The van der Waals surface area contributed by atoms with Crippen LogP contribution in [0.15, 0.2) is 47.7 Å². The van der Waals surface area contributed by atoms with Gasteiger partial charge in [0.2, 0.25) is 5.75 Å². The second-order valence-electron chi connectivity index (χ2n) is 7.80.